The zero-order chi connectivity index (χ0) is 14.2. The van der Waals surface area contributed by atoms with Crippen molar-refractivity contribution in [3.8, 4) is 0 Å². The Kier molecular flexibility index (Phi) is 3.35. The van der Waals surface area contributed by atoms with Gasteiger partial charge >= 0.3 is 5.97 Å². The van der Waals surface area contributed by atoms with Crippen molar-refractivity contribution in [3.63, 3.8) is 0 Å². The van der Waals surface area contributed by atoms with Crippen molar-refractivity contribution < 1.29 is 14.7 Å². The number of rotatable bonds is 4. The first kappa shape index (κ1) is 13.6. The van der Waals surface area contributed by atoms with Gasteiger partial charge in [0.1, 0.15) is 0 Å². The summed E-state index contributed by atoms with van der Waals surface area (Å²) in [5.74, 6) is -0.200. The Morgan fingerprint density at radius 3 is 2.21 bits per heavy atom. The highest BCUT2D eigenvalue weighted by Gasteiger charge is 2.39. The Labute approximate surface area is 112 Å². The van der Waals surface area contributed by atoms with Gasteiger partial charge in [-0.15, -0.1) is 0 Å². The molecule has 0 heterocycles. The van der Waals surface area contributed by atoms with Crippen molar-refractivity contribution in [3.05, 3.63) is 29.8 Å². The standard InChI is InChI=1S/C15H19NO3/c1-9-8-12(9)13(17)16-11-6-4-10(5-7-11)15(2,3)14(18)19/h4-7,9,12H,8H2,1-3H3,(H,16,17)(H,18,19)/t9-,12-/m0/s1. The lowest BCUT2D eigenvalue weighted by atomic mass is 9.85. The number of anilines is 1. The molecule has 1 fully saturated rings. The minimum absolute atomic E-state index is 0.0535. The van der Waals surface area contributed by atoms with E-state index < -0.39 is 11.4 Å². The summed E-state index contributed by atoms with van der Waals surface area (Å²) in [6, 6.07) is 7.01. The lowest BCUT2D eigenvalue weighted by Gasteiger charge is -2.19. The number of carboxylic acids is 1. The van der Waals surface area contributed by atoms with Crippen molar-refractivity contribution in [1.29, 1.82) is 0 Å². The second kappa shape index (κ2) is 4.68. The minimum atomic E-state index is -0.923. The van der Waals surface area contributed by atoms with E-state index in [1.54, 1.807) is 38.1 Å². The van der Waals surface area contributed by atoms with Crippen molar-refractivity contribution >= 4 is 17.6 Å². The number of carbonyl (C=O) groups is 2. The number of hydrogen-bond donors (Lipinski definition) is 2. The molecule has 2 rings (SSSR count). The molecule has 0 bridgehead atoms. The van der Waals surface area contributed by atoms with Crippen LogP contribution in [0.25, 0.3) is 0 Å². The van der Waals surface area contributed by atoms with E-state index in [1.165, 1.54) is 0 Å². The number of nitrogens with one attached hydrogen (secondary N) is 1. The molecule has 0 radical (unpaired) electrons. The van der Waals surface area contributed by atoms with Crippen LogP contribution in [0.15, 0.2) is 24.3 Å². The second-order valence-corrected chi connectivity index (χ2v) is 5.82. The van der Waals surface area contributed by atoms with Gasteiger partial charge in [0.25, 0.3) is 0 Å². The molecule has 0 aliphatic heterocycles. The van der Waals surface area contributed by atoms with Crippen LogP contribution in [0.3, 0.4) is 0 Å². The third kappa shape index (κ3) is 2.78. The summed E-state index contributed by atoms with van der Waals surface area (Å²) >= 11 is 0. The van der Waals surface area contributed by atoms with Gasteiger partial charge in [0.15, 0.2) is 0 Å². The average Bonchev–Trinajstić information content (AvgIpc) is 3.07. The topological polar surface area (TPSA) is 66.4 Å². The van der Waals surface area contributed by atoms with Gasteiger partial charge in [0.2, 0.25) is 5.91 Å². The molecule has 1 aliphatic rings. The summed E-state index contributed by atoms with van der Waals surface area (Å²) in [6.45, 7) is 5.38. The van der Waals surface area contributed by atoms with Gasteiger partial charge in [-0.1, -0.05) is 19.1 Å². The summed E-state index contributed by atoms with van der Waals surface area (Å²) in [4.78, 5) is 22.9. The summed E-state index contributed by atoms with van der Waals surface area (Å²) in [5, 5.41) is 12.0. The average molecular weight is 261 g/mol. The fourth-order valence-electron chi connectivity index (χ4n) is 2.02. The Bertz CT molecular complexity index is 505. The molecule has 0 unspecified atom stereocenters. The fourth-order valence-corrected chi connectivity index (χ4v) is 2.02. The number of carboxylic acid groups (broad SMARTS) is 1. The van der Waals surface area contributed by atoms with Crippen molar-refractivity contribution in [2.45, 2.75) is 32.6 Å². The van der Waals surface area contributed by atoms with Crippen molar-refractivity contribution in [2.24, 2.45) is 11.8 Å². The van der Waals surface area contributed by atoms with E-state index in [2.05, 4.69) is 12.2 Å². The van der Waals surface area contributed by atoms with Crippen molar-refractivity contribution in [1.82, 2.24) is 0 Å². The monoisotopic (exact) mass is 261 g/mol. The van der Waals surface area contributed by atoms with Crippen LogP contribution in [-0.4, -0.2) is 17.0 Å². The fraction of sp³-hybridized carbons (Fsp3) is 0.467. The second-order valence-electron chi connectivity index (χ2n) is 5.82. The Morgan fingerprint density at radius 2 is 1.79 bits per heavy atom. The minimum Gasteiger partial charge on any atom is -0.481 e. The number of amides is 1. The third-order valence-electron chi connectivity index (χ3n) is 3.86. The van der Waals surface area contributed by atoms with E-state index in [-0.39, 0.29) is 11.8 Å². The van der Waals surface area contributed by atoms with Gasteiger partial charge in [-0.05, 0) is 43.9 Å². The Hall–Kier alpha value is -1.84. The maximum absolute atomic E-state index is 11.8. The lowest BCUT2D eigenvalue weighted by Crippen LogP contribution is -2.28. The van der Waals surface area contributed by atoms with Gasteiger partial charge in [0.05, 0.1) is 5.41 Å². The van der Waals surface area contributed by atoms with Crippen LogP contribution in [0, 0.1) is 11.8 Å². The largest absolute Gasteiger partial charge is 0.481 e. The zero-order valence-corrected chi connectivity index (χ0v) is 11.4. The molecule has 2 atom stereocenters. The normalized spacial score (nSPS) is 21.8. The molecular weight excluding hydrogens is 242 g/mol. The van der Waals surface area contributed by atoms with Gasteiger partial charge in [-0.25, -0.2) is 0 Å². The molecule has 102 valence electrons. The number of hydrogen-bond acceptors (Lipinski definition) is 2. The highest BCUT2D eigenvalue weighted by atomic mass is 16.4. The SMILES string of the molecule is C[C@H]1C[C@@H]1C(=O)Nc1ccc(C(C)(C)C(=O)O)cc1. The molecule has 4 nitrogen and oxygen atoms in total. The van der Waals surface area contributed by atoms with Gasteiger partial charge in [-0.3, -0.25) is 9.59 Å². The summed E-state index contributed by atoms with van der Waals surface area (Å²) in [5.41, 5.74) is 0.514. The molecule has 2 N–H and O–H groups in total. The summed E-state index contributed by atoms with van der Waals surface area (Å²) in [7, 11) is 0. The molecule has 0 saturated heterocycles. The maximum atomic E-state index is 11.8. The summed E-state index contributed by atoms with van der Waals surface area (Å²) < 4.78 is 0. The van der Waals surface area contributed by atoms with E-state index in [0.29, 0.717) is 11.6 Å². The molecule has 1 aliphatic carbocycles. The number of benzene rings is 1. The Balaban J connectivity index is 2.06. The van der Waals surface area contributed by atoms with Gasteiger partial charge in [-0.2, -0.15) is 0 Å². The maximum Gasteiger partial charge on any atom is 0.313 e. The first-order chi connectivity index (χ1) is 8.82. The molecule has 0 aromatic heterocycles. The van der Waals surface area contributed by atoms with Crippen molar-refractivity contribution in [2.75, 3.05) is 5.32 Å². The third-order valence-corrected chi connectivity index (χ3v) is 3.86. The molecule has 1 aromatic carbocycles. The molecule has 19 heavy (non-hydrogen) atoms. The van der Waals surface area contributed by atoms with Crippen LogP contribution >= 0.6 is 0 Å². The molecule has 1 saturated carbocycles. The van der Waals surface area contributed by atoms with E-state index in [1.807, 2.05) is 0 Å². The zero-order valence-electron chi connectivity index (χ0n) is 11.4. The van der Waals surface area contributed by atoms with E-state index in [9.17, 15) is 9.59 Å². The molecule has 1 amide bonds. The predicted molar refractivity (Wildman–Crippen MR) is 73.0 cm³/mol. The van der Waals surface area contributed by atoms with E-state index in [4.69, 9.17) is 5.11 Å². The molecule has 0 spiro atoms. The highest BCUT2D eigenvalue weighted by Crippen LogP contribution is 2.38. The highest BCUT2D eigenvalue weighted by molar-refractivity contribution is 5.94. The lowest BCUT2D eigenvalue weighted by molar-refractivity contribution is -0.142. The molecular formula is C15H19NO3. The van der Waals surface area contributed by atoms with Crippen LogP contribution in [0.1, 0.15) is 32.8 Å². The van der Waals surface area contributed by atoms with Crippen LogP contribution in [-0.2, 0) is 15.0 Å². The Morgan fingerprint density at radius 1 is 1.26 bits per heavy atom. The smallest absolute Gasteiger partial charge is 0.313 e. The van der Waals surface area contributed by atoms with Gasteiger partial charge in [0, 0.05) is 11.6 Å². The number of carbonyl (C=O) groups excluding carboxylic acids is 1. The predicted octanol–water partition coefficient (Wildman–Crippen LogP) is 2.64. The van der Waals surface area contributed by atoms with Gasteiger partial charge < -0.3 is 10.4 Å². The molecule has 1 aromatic rings. The quantitative estimate of drug-likeness (QED) is 0.875. The van der Waals surface area contributed by atoms with Crippen LogP contribution < -0.4 is 5.32 Å². The van der Waals surface area contributed by atoms with Crippen LogP contribution in [0.4, 0.5) is 5.69 Å². The van der Waals surface area contributed by atoms with E-state index in [0.717, 1.165) is 12.0 Å². The van der Waals surface area contributed by atoms with Crippen LogP contribution in [0.5, 0.6) is 0 Å². The first-order valence-corrected chi connectivity index (χ1v) is 6.47. The first-order valence-electron chi connectivity index (χ1n) is 6.47. The van der Waals surface area contributed by atoms with E-state index >= 15 is 0 Å². The molecule has 4 heteroatoms. The van der Waals surface area contributed by atoms with Crippen LogP contribution in [0.2, 0.25) is 0 Å². The summed E-state index contributed by atoms with van der Waals surface area (Å²) in [6.07, 6.45) is 0.954. The number of aliphatic carboxylic acids is 1.